The highest BCUT2D eigenvalue weighted by molar-refractivity contribution is 9.09. The number of carboxylic acids is 2. The summed E-state index contributed by atoms with van der Waals surface area (Å²) in [6, 6.07) is 0. The van der Waals surface area contributed by atoms with Crippen LogP contribution in [0.4, 0.5) is 0 Å². The van der Waals surface area contributed by atoms with Gasteiger partial charge in [-0.2, -0.15) is 0 Å². The summed E-state index contributed by atoms with van der Waals surface area (Å²) in [5, 5.41) is 17.6. The lowest BCUT2D eigenvalue weighted by Crippen LogP contribution is -2.40. The number of alkyl halides is 1. The van der Waals surface area contributed by atoms with Gasteiger partial charge in [-0.3, -0.25) is 14.5 Å². The number of terminal acetylenes is 2. The number of quaternary nitrogens is 1. The number of nitrogens with zero attached hydrogens (tertiary/aromatic N) is 2. The first-order valence-corrected chi connectivity index (χ1v) is 11.0. The largest absolute Gasteiger partial charge is 0.481 e. The number of hydrogen-bond donors (Lipinski definition) is 2. The van der Waals surface area contributed by atoms with Crippen molar-refractivity contribution in [1.82, 2.24) is 4.90 Å². The molecule has 0 rings (SSSR count). The van der Waals surface area contributed by atoms with Crippen molar-refractivity contribution < 1.29 is 24.3 Å². The van der Waals surface area contributed by atoms with Crippen LogP contribution in [0.25, 0.3) is 0 Å². The lowest BCUT2D eigenvalue weighted by atomic mass is 10.2. The van der Waals surface area contributed by atoms with E-state index in [9.17, 15) is 9.59 Å². The van der Waals surface area contributed by atoms with Crippen LogP contribution < -0.4 is 0 Å². The van der Waals surface area contributed by atoms with Gasteiger partial charge in [0.15, 0.2) is 0 Å². The van der Waals surface area contributed by atoms with Gasteiger partial charge in [-0.1, -0.05) is 28.3 Å². The van der Waals surface area contributed by atoms with Gasteiger partial charge in [0.05, 0.1) is 27.2 Å². The molecule has 0 aromatic heterocycles. The molecule has 0 radical (unpaired) electrons. The number of carbonyl (C=O) groups is 2. The zero-order valence-corrected chi connectivity index (χ0v) is 22.3. The molecule has 0 aliphatic carbocycles. The van der Waals surface area contributed by atoms with Crippen LogP contribution in [-0.4, -0.2) is 84.7 Å². The molecule has 8 heteroatoms. The average molecular weight is 557 g/mol. The molecule has 0 aliphatic rings. The van der Waals surface area contributed by atoms with Crippen molar-refractivity contribution in [3.05, 3.63) is 0 Å². The predicted octanol–water partition coefficient (Wildman–Crippen LogP) is 4.13. The van der Waals surface area contributed by atoms with Crippen molar-refractivity contribution in [2.75, 3.05) is 53.2 Å². The molecule has 0 aromatic carbocycles. The van der Waals surface area contributed by atoms with Crippen molar-refractivity contribution in [1.29, 1.82) is 0 Å². The van der Waals surface area contributed by atoms with Gasteiger partial charge in [-0.15, -0.1) is 29.8 Å². The number of hydrogen-bond acceptors (Lipinski definition) is 3. The molecule has 176 valence electrons. The maximum Gasteiger partial charge on any atom is 0.303 e. The van der Waals surface area contributed by atoms with Crippen LogP contribution in [-0.2, 0) is 9.59 Å². The van der Waals surface area contributed by atoms with Gasteiger partial charge in [-0.05, 0) is 52.1 Å². The molecule has 0 saturated heterocycles. The van der Waals surface area contributed by atoms with E-state index in [1.807, 2.05) is 19.0 Å². The summed E-state index contributed by atoms with van der Waals surface area (Å²) in [5.41, 5.74) is 0. The van der Waals surface area contributed by atoms with Crippen LogP contribution in [0.2, 0.25) is 0 Å². The van der Waals surface area contributed by atoms with Crippen molar-refractivity contribution in [2.45, 2.75) is 51.4 Å². The monoisotopic (exact) mass is 555 g/mol. The maximum absolute atomic E-state index is 10.2. The molecule has 0 spiro atoms. The fraction of sp³-hybridized carbons (Fsp3) is 0.727. The van der Waals surface area contributed by atoms with E-state index in [-0.39, 0.29) is 23.4 Å². The summed E-state index contributed by atoms with van der Waals surface area (Å²) in [7, 11) is 8.08. The first kappa shape index (κ1) is 36.3. The number of aliphatic carboxylic acids is 2. The third kappa shape index (κ3) is 41.3. The van der Waals surface area contributed by atoms with Gasteiger partial charge in [-0.25, -0.2) is 0 Å². The normalized spacial score (nSPS) is 9.60. The van der Waals surface area contributed by atoms with Crippen LogP contribution >= 0.6 is 32.9 Å². The van der Waals surface area contributed by atoms with E-state index >= 15 is 0 Å². The smallest absolute Gasteiger partial charge is 0.303 e. The molecule has 30 heavy (non-hydrogen) atoms. The third-order valence-corrected chi connectivity index (χ3v) is 4.17. The molecule has 0 aliphatic heterocycles. The Hall–Kier alpha value is -1.06. The number of carboxylic acid groups (broad SMARTS) is 2. The summed E-state index contributed by atoms with van der Waals surface area (Å²) in [5.74, 6) is 3.74. The Bertz CT molecular complexity index is 498. The Morgan fingerprint density at radius 3 is 1.67 bits per heavy atom. The van der Waals surface area contributed by atoms with Crippen molar-refractivity contribution in [3.8, 4) is 24.7 Å². The maximum atomic E-state index is 10.2. The van der Waals surface area contributed by atoms with Crippen LogP contribution in [0.5, 0.6) is 0 Å². The summed E-state index contributed by atoms with van der Waals surface area (Å²) < 4.78 is 0.823. The topological polar surface area (TPSA) is 77.8 Å². The molecular weight excluding hydrogens is 516 g/mol. The van der Waals surface area contributed by atoms with Crippen molar-refractivity contribution in [2.24, 2.45) is 0 Å². The van der Waals surface area contributed by atoms with Crippen LogP contribution in [0.3, 0.4) is 0 Å². The van der Waals surface area contributed by atoms with Gasteiger partial charge < -0.3 is 14.7 Å². The number of rotatable bonds is 13. The lowest BCUT2D eigenvalue weighted by Gasteiger charge is -2.27. The highest BCUT2D eigenvalue weighted by atomic mass is 79.9. The average Bonchev–Trinajstić information content (AvgIpc) is 2.59. The van der Waals surface area contributed by atoms with Gasteiger partial charge in [0.2, 0.25) is 0 Å². The second-order valence-electron chi connectivity index (χ2n) is 7.56. The molecule has 0 atom stereocenters. The molecule has 0 fully saturated rings. The van der Waals surface area contributed by atoms with E-state index in [2.05, 4.69) is 41.9 Å². The first-order valence-electron chi connectivity index (χ1n) is 9.85. The molecule has 0 saturated carbocycles. The van der Waals surface area contributed by atoms with Crippen molar-refractivity contribution in [3.63, 3.8) is 0 Å². The molecule has 0 heterocycles. The Labute approximate surface area is 202 Å². The fourth-order valence-corrected chi connectivity index (χ4v) is 2.45. The van der Waals surface area contributed by atoms with E-state index in [4.69, 9.17) is 23.1 Å². The standard InChI is InChI=1S/C11H19NO2.C6H11BrO2.C5H9N.BrH/c1-4-9-12(2,3)10-7-5-6-8-11(13)14;7-5-3-1-2-4-6(8)9;1-4-5-6(2)3;/h1H,5-10H2,2-3H3;1-5H2,(H,8,9);1H,5H2,2-3H3;1H/p+1. The molecule has 0 amide bonds. The highest BCUT2D eigenvalue weighted by Gasteiger charge is 2.11. The molecular formula is C22H41Br2N2O4+. The van der Waals surface area contributed by atoms with E-state index in [0.717, 1.165) is 68.0 Å². The number of halogens is 2. The zero-order valence-electron chi connectivity index (χ0n) is 19.0. The van der Waals surface area contributed by atoms with Crippen molar-refractivity contribution >= 4 is 44.9 Å². The van der Waals surface area contributed by atoms with E-state index in [1.54, 1.807) is 0 Å². The SMILES string of the molecule is Br.C#CCN(C)C.C#CC[N+](C)(C)CCCCCC(=O)O.O=C(O)CCCCCBr. The van der Waals surface area contributed by atoms with Gasteiger partial charge >= 0.3 is 11.9 Å². The second-order valence-corrected chi connectivity index (χ2v) is 8.35. The minimum atomic E-state index is -0.706. The Balaban J connectivity index is -0.000000182. The fourth-order valence-electron chi connectivity index (χ4n) is 2.05. The molecule has 0 bridgehead atoms. The van der Waals surface area contributed by atoms with Crippen LogP contribution in [0.15, 0.2) is 0 Å². The highest BCUT2D eigenvalue weighted by Crippen LogP contribution is 2.05. The molecule has 0 unspecified atom stereocenters. The van der Waals surface area contributed by atoms with E-state index < -0.39 is 11.9 Å². The summed E-state index contributed by atoms with van der Waals surface area (Å²) >= 11 is 3.27. The summed E-state index contributed by atoms with van der Waals surface area (Å²) in [6.45, 7) is 2.49. The second kappa shape index (κ2) is 26.0. The predicted molar refractivity (Wildman–Crippen MR) is 134 cm³/mol. The summed E-state index contributed by atoms with van der Waals surface area (Å²) in [6.07, 6.45) is 16.5. The zero-order chi connectivity index (χ0) is 23.1. The van der Waals surface area contributed by atoms with Gasteiger partial charge in [0.25, 0.3) is 0 Å². The van der Waals surface area contributed by atoms with Crippen LogP contribution in [0.1, 0.15) is 51.4 Å². The molecule has 2 N–H and O–H groups in total. The van der Waals surface area contributed by atoms with Crippen LogP contribution in [0, 0.1) is 24.7 Å². The molecule has 6 nitrogen and oxygen atoms in total. The lowest BCUT2D eigenvalue weighted by molar-refractivity contribution is -0.883. The first-order chi connectivity index (χ1) is 13.5. The van der Waals surface area contributed by atoms with Gasteiger partial charge in [0, 0.05) is 18.2 Å². The third-order valence-electron chi connectivity index (χ3n) is 3.61. The Morgan fingerprint density at radius 2 is 1.37 bits per heavy atom. The van der Waals surface area contributed by atoms with E-state index in [0.29, 0.717) is 6.42 Å². The summed E-state index contributed by atoms with van der Waals surface area (Å²) in [4.78, 5) is 22.1. The minimum absolute atomic E-state index is 0. The Kier molecular flexibility index (Phi) is 31.4. The van der Waals surface area contributed by atoms with Gasteiger partial charge in [0.1, 0.15) is 6.54 Å². The Morgan fingerprint density at radius 1 is 0.900 bits per heavy atom. The number of unbranched alkanes of at least 4 members (excludes halogenated alkanes) is 4. The molecule has 0 aromatic rings. The quantitative estimate of drug-likeness (QED) is 0.154. The minimum Gasteiger partial charge on any atom is -0.481 e. The van der Waals surface area contributed by atoms with E-state index in [1.165, 1.54) is 0 Å².